The SMILES string of the molecule is CCC(C)c1ccc2c(c1)CN(C(C)C)CC2. The van der Waals surface area contributed by atoms with Crippen molar-refractivity contribution >= 4 is 0 Å². The van der Waals surface area contributed by atoms with Gasteiger partial charge in [-0.3, -0.25) is 4.90 Å². The topological polar surface area (TPSA) is 3.24 Å². The Kier molecular flexibility index (Phi) is 3.88. The van der Waals surface area contributed by atoms with E-state index in [0.29, 0.717) is 12.0 Å². The second-order valence-corrected chi connectivity index (χ2v) is 5.65. The highest BCUT2D eigenvalue weighted by atomic mass is 15.1. The highest BCUT2D eigenvalue weighted by Gasteiger charge is 2.18. The Morgan fingerprint density at radius 1 is 1.18 bits per heavy atom. The van der Waals surface area contributed by atoms with Gasteiger partial charge >= 0.3 is 0 Å². The van der Waals surface area contributed by atoms with Crippen molar-refractivity contribution in [1.82, 2.24) is 4.90 Å². The number of fused-ring (bicyclic) bond motifs is 1. The van der Waals surface area contributed by atoms with Crippen LogP contribution in [0.25, 0.3) is 0 Å². The van der Waals surface area contributed by atoms with Crippen LogP contribution in [0.5, 0.6) is 0 Å². The molecule has 0 saturated carbocycles. The van der Waals surface area contributed by atoms with Crippen LogP contribution in [0, 0.1) is 0 Å². The predicted octanol–water partition coefficient (Wildman–Crippen LogP) is 3.97. The fraction of sp³-hybridized carbons (Fsp3) is 0.625. The molecule has 0 saturated heterocycles. The van der Waals surface area contributed by atoms with Crippen LogP contribution in [-0.2, 0) is 13.0 Å². The Labute approximate surface area is 106 Å². The minimum Gasteiger partial charge on any atom is -0.296 e. The maximum Gasteiger partial charge on any atom is 0.0239 e. The molecule has 0 aliphatic carbocycles. The van der Waals surface area contributed by atoms with Gasteiger partial charge in [0.2, 0.25) is 0 Å². The minimum atomic E-state index is 0.662. The van der Waals surface area contributed by atoms with Crippen molar-refractivity contribution in [2.45, 2.75) is 59.0 Å². The van der Waals surface area contributed by atoms with Crippen molar-refractivity contribution in [2.24, 2.45) is 0 Å². The first kappa shape index (κ1) is 12.6. The highest BCUT2D eigenvalue weighted by Crippen LogP contribution is 2.26. The summed E-state index contributed by atoms with van der Waals surface area (Å²) in [6.45, 7) is 11.5. The first-order chi connectivity index (χ1) is 8.11. The van der Waals surface area contributed by atoms with Crippen molar-refractivity contribution in [3.63, 3.8) is 0 Å². The quantitative estimate of drug-likeness (QED) is 0.761. The van der Waals surface area contributed by atoms with Gasteiger partial charge in [0, 0.05) is 19.1 Å². The fourth-order valence-electron chi connectivity index (χ4n) is 2.58. The lowest BCUT2D eigenvalue weighted by Gasteiger charge is -2.32. The fourth-order valence-corrected chi connectivity index (χ4v) is 2.58. The van der Waals surface area contributed by atoms with E-state index in [1.54, 1.807) is 11.1 Å². The summed E-state index contributed by atoms with van der Waals surface area (Å²) in [6.07, 6.45) is 2.45. The van der Waals surface area contributed by atoms with Crippen molar-refractivity contribution < 1.29 is 0 Å². The zero-order chi connectivity index (χ0) is 12.4. The Morgan fingerprint density at radius 2 is 1.94 bits per heavy atom. The molecule has 0 spiro atoms. The summed E-state index contributed by atoms with van der Waals surface area (Å²) >= 11 is 0. The molecular weight excluding hydrogens is 206 g/mol. The zero-order valence-electron chi connectivity index (χ0n) is 11.7. The molecule has 0 amide bonds. The summed E-state index contributed by atoms with van der Waals surface area (Å²) in [4.78, 5) is 2.57. The second kappa shape index (κ2) is 5.22. The van der Waals surface area contributed by atoms with Crippen LogP contribution in [0.3, 0.4) is 0 Å². The third-order valence-electron chi connectivity index (χ3n) is 4.18. The summed E-state index contributed by atoms with van der Waals surface area (Å²) in [5.74, 6) is 0.690. The van der Waals surface area contributed by atoms with Crippen LogP contribution >= 0.6 is 0 Å². The smallest absolute Gasteiger partial charge is 0.0239 e. The van der Waals surface area contributed by atoms with E-state index in [9.17, 15) is 0 Å². The lowest BCUT2D eigenvalue weighted by Crippen LogP contribution is -2.35. The Balaban J connectivity index is 2.23. The van der Waals surface area contributed by atoms with Crippen LogP contribution in [0.2, 0.25) is 0 Å². The summed E-state index contributed by atoms with van der Waals surface area (Å²) < 4.78 is 0. The van der Waals surface area contributed by atoms with Gasteiger partial charge < -0.3 is 0 Å². The van der Waals surface area contributed by atoms with Crippen LogP contribution in [0.15, 0.2) is 18.2 Å². The monoisotopic (exact) mass is 231 g/mol. The minimum absolute atomic E-state index is 0.662. The average Bonchev–Trinajstić information content (AvgIpc) is 2.36. The molecule has 0 fully saturated rings. The Morgan fingerprint density at radius 3 is 2.59 bits per heavy atom. The van der Waals surface area contributed by atoms with Crippen molar-refractivity contribution in [3.05, 3.63) is 34.9 Å². The molecule has 17 heavy (non-hydrogen) atoms. The van der Waals surface area contributed by atoms with E-state index >= 15 is 0 Å². The zero-order valence-corrected chi connectivity index (χ0v) is 11.7. The number of hydrogen-bond acceptors (Lipinski definition) is 1. The van der Waals surface area contributed by atoms with Crippen molar-refractivity contribution in [3.8, 4) is 0 Å². The van der Waals surface area contributed by atoms with E-state index in [1.165, 1.54) is 24.9 Å². The van der Waals surface area contributed by atoms with Crippen molar-refractivity contribution in [2.75, 3.05) is 6.54 Å². The Bertz CT molecular complexity index is 381. The summed E-state index contributed by atoms with van der Waals surface area (Å²) in [6, 6.07) is 7.79. The first-order valence-corrected chi connectivity index (χ1v) is 6.97. The van der Waals surface area contributed by atoms with E-state index in [2.05, 4.69) is 50.8 Å². The lowest BCUT2D eigenvalue weighted by molar-refractivity contribution is 0.203. The van der Waals surface area contributed by atoms with E-state index in [0.717, 1.165) is 6.54 Å². The molecule has 1 aromatic rings. The highest BCUT2D eigenvalue weighted by molar-refractivity contribution is 5.35. The molecule has 1 nitrogen and oxygen atoms in total. The van der Waals surface area contributed by atoms with Crippen LogP contribution < -0.4 is 0 Å². The summed E-state index contributed by atoms with van der Waals surface area (Å²) in [5, 5.41) is 0. The van der Waals surface area contributed by atoms with Gasteiger partial charge in [-0.25, -0.2) is 0 Å². The summed E-state index contributed by atoms with van der Waals surface area (Å²) in [7, 11) is 0. The Hall–Kier alpha value is -0.820. The van der Waals surface area contributed by atoms with E-state index < -0.39 is 0 Å². The second-order valence-electron chi connectivity index (χ2n) is 5.65. The molecule has 1 aliphatic heterocycles. The number of rotatable bonds is 3. The molecule has 1 atom stereocenters. The van der Waals surface area contributed by atoms with Gasteiger partial charge in [0.25, 0.3) is 0 Å². The largest absolute Gasteiger partial charge is 0.296 e. The maximum atomic E-state index is 2.57. The number of nitrogens with zero attached hydrogens (tertiary/aromatic N) is 1. The van der Waals surface area contributed by atoms with E-state index in [1.807, 2.05) is 0 Å². The molecule has 0 aromatic heterocycles. The van der Waals surface area contributed by atoms with Crippen molar-refractivity contribution in [1.29, 1.82) is 0 Å². The van der Waals surface area contributed by atoms with Gasteiger partial charge in [-0.15, -0.1) is 0 Å². The standard InChI is InChI=1S/C16H25N/c1-5-13(4)15-7-6-14-8-9-17(12(2)3)11-16(14)10-15/h6-7,10,12-13H,5,8-9,11H2,1-4H3. The van der Waals surface area contributed by atoms with Gasteiger partial charge in [-0.2, -0.15) is 0 Å². The third kappa shape index (κ3) is 2.71. The first-order valence-electron chi connectivity index (χ1n) is 6.97. The normalized spacial score (nSPS) is 18.2. The molecule has 2 rings (SSSR count). The van der Waals surface area contributed by atoms with Gasteiger partial charge in [-0.1, -0.05) is 32.0 Å². The molecule has 1 unspecified atom stereocenters. The van der Waals surface area contributed by atoms with Crippen LogP contribution in [-0.4, -0.2) is 17.5 Å². The molecule has 0 radical (unpaired) electrons. The van der Waals surface area contributed by atoms with Gasteiger partial charge in [0.1, 0.15) is 0 Å². The summed E-state index contributed by atoms with van der Waals surface area (Å²) in [5.41, 5.74) is 4.63. The van der Waals surface area contributed by atoms with Crippen LogP contribution in [0.4, 0.5) is 0 Å². The van der Waals surface area contributed by atoms with E-state index in [4.69, 9.17) is 0 Å². The molecule has 0 N–H and O–H groups in total. The molecule has 1 aromatic carbocycles. The molecule has 0 bridgehead atoms. The van der Waals surface area contributed by atoms with Gasteiger partial charge in [-0.05, 0) is 49.3 Å². The molecule has 1 aliphatic rings. The average molecular weight is 231 g/mol. The number of hydrogen-bond donors (Lipinski definition) is 0. The lowest BCUT2D eigenvalue weighted by atomic mass is 9.91. The third-order valence-corrected chi connectivity index (χ3v) is 4.18. The number of benzene rings is 1. The van der Waals surface area contributed by atoms with Gasteiger partial charge in [0.15, 0.2) is 0 Å². The van der Waals surface area contributed by atoms with Crippen LogP contribution in [0.1, 0.15) is 56.7 Å². The molecular formula is C16H25N. The maximum absolute atomic E-state index is 2.57. The molecule has 94 valence electrons. The molecule has 1 heterocycles. The van der Waals surface area contributed by atoms with Gasteiger partial charge in [0.05, 0.1) is 0 Å². The molecule has 1 heteroatoms. The predicted molar refractivity (Wildman–Crippen MR) is 74.4 cm³/mol. The van der Waals surface area contributed by atoms with E-state index in [-0.39, 0.29) is 0 Å².